The Kier molecular flexibility index (Phi) is 3.13. The molecule has 1 aromatic carbocycles. The number of carboxylic acid groups (broad SMARTS) is 1. The van der Waals surface area contributed by atoms with Crippen molar-refractivity contribution in [2.75, 3.05) is 11.9 Å². The van der Waals surface area contributed by atoms with Crippen molar-refractivity contribution in [3.05, 3.63) is 29.8 Å². The SMILES string of the molecule is CN(C(=O)C1CC1)c1cccc(CC(=O)O)c1. The van der Waals surface area contributed by atoms with Crippen LogP contribution in [0.1, 0.15) is 18.4 Å². The van der Waals surface area contributed by atoms with Crippen molar-refractivity contribution in [2.45, 2.75) is 19.3 Å². The number of hydrogen-bond acceptors (Lipinski definition) is 2. The van der Waals surface area contributed by atoms with Crippen LogP contribution >= 0.6 is 0 Å². The van der Waals surface area contributed by atoms with Crippen LogP contribution in [0.15, 0.2) is 24.3 Å². The van der Waals surface area contributed by atoms with Crippen molar-refractivity contribution < 1.29 is 14.7 Å². The van der Waals surface area contributed by atoms with Gasteiger partial charge in [0.05, 0.1) is 6.42 Å². The fourth-order valence-corrected chi connectivity index (χ4v) is 1.78. The highest BCUT2D eigenvalue weighted by atomic mass is 16.4. The van der Waals surface area contributed by atoms with Crippen LogP contribution in [-0.4, -0.2) is 24.0 Å². The first-order chi connectivity index (χ1) is 8.08. The van der Waals surface area contributed by atoms with Gasteiger partial charge < -0.3 is 10.0 Å². The monoisotopic (exact) mass is 233 g/mol. The van der Waals surface area contributed by atoms with Crippen LogP contribution in [0, 0.1) is 5.92 Å². The van der Waals surface area contributed by atoms with Crippen LogP contribution in [0.2, 0.25) is 0 Å². The summed E-state index contributed by atoms with van der Waals surface area (Å²) in [6.45, 7) is 0. The topological polar surface area (TPSA) is 57.6 Å². The summed E-state index contributed by atoms with van der Waals surface area (Å²) in [5, 5.41) is 8.72. The quantitative estimate of drug-likeness (QED) is 0.860. The lowest BCUT2D eigenvalue weighted by Gasteiger charge is -2.17. The number of anilines is 1. The molecule has 0 saturated heterocycles. The van der Waals surface area contributed by atoms with E-state index in [-0.39, 0.29) is 18.2 Å². The molecule has 0 heterocycles. The molecule has 1 aliphatic rings. The lowest BCUT2D eigenvalue weighted by molar-refractivity contribution is -0.136. The summed E-state index contributed by atoms with van der Waals surface area (Å²) in [4.78, 5) is 24.1. The van der Waals surface area contributed by atoms with E-state index in [0.717, 1.165) is 18.5 Å². The van der Waals surface area contributed by atoms with Crippen LogP contribution in [-0.2, 0) is 16.0 Å². The molecule has 1 saturated carbocycles. The normalized spacial score (nSPS) is 14.4. The number of carbonyl (C=O) groups is 2. The van der Waals surface area contributed by atoms with Crippen molar-refractivity contribution in [1.82, 2.24) is 0 Å². The van der Waals surface area contributed by atoms with E-state index in [2.05, 4.69) is 0 Å². The Labute approximate surface area is 99.9 Å². The molecule has 0 aromatic heterocycles. The average Bonchev–Trinajstić information content (AvgIpc) is 3.10. The average molecular weight is 233 g/mol. The molecule has 90 valence electrons. The number of amides is 1. The predicted octanol–water partition coefficient (Wildman–Crippen LogP) is 1.69. The third-order valence-corrected chi connectivity index (χ3v) is 2.91. The van der Waals surface area contributed by atoms with Gasteiger partial charge in [-0.3, -0.25) is 9.59 Å². The third kappa shape index (κ3) is 2.84. The van der Waals surface area contributed by atoms with E-state index in [1.807, 2.05) is 6.07 Å². The Balaban J connectivity index is 2.14. The first kappa shape index (κ1) is 11.6. The molecule has 17 heavy (non-hydrogen) atoms. The zero-order valence-electron chi connectivity index (χ0n) is 9.72. The Bertz CT molecular complexity index is 452. The van der Waals surface area contributed by atoms with Gasteiger partial charge in [-0.2, -0.15) is 0 Å². The maximum atomic E-state index is 11.8. The van der Waals surface area contributed by atoms with Crippen molar-refractivity contribution in [3.63, 3.8) is 0 Å². The molecule has 0 aliphatic heterocycles. The van der Waals surface area contributed by atoms with E-state index in [1.54, 1.807) is 30.1 Å². The molecule has 1 amide bonds. The van der Waals surface area contributed by atoms with Crippen LogP contribution in [0.4, 0.5) is 5.69 Å². The molecular formula is C13H15NO3. The zero-order chi connectivity index (χ0) is 12.4. The second kappa shape index (κ2) is 4.57. The summed E-state index contributed by atoms with van der Waals surface area (Å²) in [5.74, 6) is -0.570. The number of hydrogen-bond donors (Lipinski definition) is 1. The Hall–Kier alpha value is -1.84. The first-order valence-corrected chi connectivity index (χ1v) is 5.66. The Morgan fingerprint density at radius 3 is 2.71 bits per heavy atom. The van der Waals surface area contributed by atoms with Gasteiger partial charge >= 0.3 is 5.97 Å². The molecular weight excluding hydrogens is 218 g/mol. The zero-order valence-corrected chi connectivity index (χ0v) is 9.72. The van der Waals surface area contributed by atoms with Gasteiger partial charge in [-0.1, -0.05) is 12.1 Å². The molecule has 0 spiro atoms. The molecule has 4 nitrogen and oxygen atoms in total. The molecule has 0 bridgehead atoms. The third-order valence-electron chi connectivity index (χ3n) is 2.91. The van der Waals surface area contributed by atoms with E-state index in [4.69, 9.17) is 5.11 Å². The standard InChI is InChI=1S/C13H15NO3/c1-14(13(17)10-5-6-10)11-4-2-3-9(7-11)8-12(15)16/h2-4,7,10H,5-6,8H2,1H3,(H,15,16). The van der Waals surface area contributed by atoms with Crippen LogP contribution < -0.4 is 4.90 Å². The molecule has 0 radical (unpaired) electrons. The van der Waals surface area contributed by atoms with Gasteiger partial charge in [0.15, 0.2) is 0 Å². The highest BCUT2D eigenvalue weighted by Gasteiger charge is 2.32. The lowest BCUT2D eigenvalue weighted by Crippen LogP contribution is -2.27. The molecule has 1 aliphatic carbocycles. The van der Waals surface area contributed by atoms with E-state index in [1.165, 1.54) is 0 Å². The van der Waals surface area contributed by atoms with Crippen molar-refractivity contribution in [2.24, 2.45) is 5.92 Å². The van der Waals surface area contributed by atoms with Gasteiger partial charge in [0.25, 0.3) is 0 Å². The summed E-state index contributed by atoms with van der Waals surface area (Å²) < 4.78 is 0. The van der Waals surface area contributed by atoms with Crippen molar-refractivity contribution >= 4 is 17.6 Å². The largest absolute Gasteiger partial charge is 0.481 e. The van der Waals surface area contributed by atoms with E-state index in [0.29, 0.717) is 5.56 Å². The second-order valence-electron chi connectivity index (χ2n) is 4.41. The Morgan fingerprint density at radius 1 is 1.41 bits per heavy atom. The summed E-state index contributed by atoms with van der Waals surface area (Å²) in [7, 11) is 1.74. The number of benzene rings is 1. The molecule has 1 fully saturated rings. The van der Waals surface area contributed by atoms with Crippen LogP contribution in [0.5, 0.6) is 0 Å². The molecule has 0 atom stereocenters. The number of carboxylic acids is 1. The lowest BCUT2D eigenvalue weighted by atomic mass is 10.1. The fourth-order valence-electron chi connectivity index (χ4n) is 1.78. The van der Waals surface area contributed by atoms with Crippen molar-refractivity contribution in [1.29, 1.82) is 0 Å². The van der Waals surface area contributed by atoms with E-state index in [9.17, 15) is 9.59 Å². The molecule has 1 aromatic rings. The summed E-state index contributed by atoms with van der Waals surface area (Å²) in [6, 6.07) is 7.12. The van der Waals surface area contributed by atoms with Crippen molar-refractivity contribution in [3.8, 4) is 0 Å². The van der Waals surface area contributed by atoms with Gasteiger partial charge in [-0.15, -0.1) is 0 Å². The minimum Gasteiger partial charge on any atom is -0.481 e. The molecule has 0 unspecified atom stereocenters. The smallest absolute Gasteiger partial charge is 0.307 e. The highest BCUT2D eigenvalue weighted by Crippen LogP contribution is 2.32. The second-order valence-corrected chi connectivity index (χ2v) is 4.41. The van der Waals surface area contributed by atoms with Crippen LogP contribution in [0.3, 0.4) is 0 Å². The minimum absolute atomic E-state index is 0.0146. The fraction of sp³-hybridized carbons (Fsp3) is 0.385. The number of aliphatic carboxylic acids is 1. The summed E-state index contributed by atoms with van der Waals surface area (Å²) in [6.07, 6.45) is 1.93. The summed E-state index contributed by atoms with van der Waals surface area (Å²) >= 11 is 0. The number of carbonyl (C=O) groups excluding carboxylic acids is 1. The van der Waals surface area contributed by atoms with Gasteiger partial charge in [0.2, 0.25) is 5.91 Å². The van der Waals surface area contributed by atoms with Gasteiger partial charge in [0, 0.05) is 18.7 Å². The van der Waals surface area contributed by atoms with E-state index >= 15 is 0 Å². The molecule has 1 N–H and O–H groups in total. The number of nitrogens with zero attached hydrogens (tertiary/aromatic N) is 1. The highest BCUT2D eigenvalue weighted by molar-refractivity contribution is 5.96. The molecule has 4 heteroatoms. The van der Waals surface area contributed by atoms with Gasteiger partial charge in [0.1, 0.15) is 0 Å². The first-order valence-electron chi connectivity index (χ1n) is 5.66. The number of rotatable bonds is 4. The minimum atomic E-state index is -0.863. The van der Waals surface area contributed by atoms with Gasteiger partial charge in [-0.05, 0) is 30.5 Å². The Morgan fingerprint density at radius 2 is 2.12 bits per heavy atom. The van der Waals surface area contributed by atoms with Crippen LogP contribution in [0.25, 0.3) is 0 Å². The molecule has 2 rings (SSSR count). The summed E-state index contributed by atoms with van der Waals surface area (Å²) in [5.41, 5.74) is 1.48. The van der Waals surface area contributed by atoms with Gasteiger partial charge in [-0.25, -0.2) is 0 Å². The predicted molar refractivity (Wildman–Crippen MR) is 63.9 cm³/mol. The maximum Gasteiger partial charge on any atom is 0.307 e. The van der Waals surface area contributed by atoms with E-state index < -0.39 is 5.97 Å². The maximum absolute atomic E-state index is 11.8.